The molecule has 0 radical (unpaired) electrons. The van der Waals surface area contributed by atoms with Crippen LogP contribution in [0.2, 0.25) is 0 Å². The smallest absolute Gasteiger partial charge is 0.0156 e. The average Bonchev–Trinajstić information content (AvgIpc) is 2.10. The minimum atomic E-state index is 0.636. The summed E-state index contributed by atoms with van der Waals surface area (Å²) in [7, 11) is 0. The van der Waals surface area contributed by atoms with Crippen molar-refractivity contribution >= 4 is 0 Å². The van der Waals surface area contributed by atoms with Gasteiger partial charge in [0.15, 0.2) is 0 Å². The Bertz CT molecular complexity index is 274. The van der Waals surface area contributed by atoms with Gasteiger partial charge in [-0.3, -0.25) is 0 Å². The Morgan fingerprint density at radius 1 is 1.38 bits per heavy atom. The maximum absolute atomic E-state index is 2.27. The Morgan fingerprint density at radius 2 is 2.15 bits per heavy atom. The zero-order chi connectivity index (χ0) is 9.68. The molecule has 0 aromatic carbocycles. The molecule has 1 aliphatic rings. The fourth-order valence-electron chi connectivity index (χ4n) is 1.45. The monoisotopic (exact) mass is 174 g/mol. The van der Waals surface area contributed by atoms with E-state index in [0.29, 0.717) is 5.92 Å². The topological polar surface area (TPSA) is 0 Å². The van der Waals surface area contributed by atoms with Crippen LogP contribution in [0.15, 0.2) is 47.6 Å². The van der Waals surface area contributed by atoms with Crippen LogP contribution < -0.4 is 0 Å². The standard InChI is InChI=1S/C13H18/c1-4-6-13-10-9-11(2)7-5-8-12(13)3/h4-7,9-10,12H,8H2,1-3H3. The van der Waals surface area contributed by atoms with Gasteiger partial charge in [0, 0.05) is 0 Å². The van der Waals surface area contributed by atoms with Crippen LogP contribution in [-0.2, 0) is 0 Å². The molecule has 0 bridgehead atoms. The Kier molecular flexibility index (Phi) is 3.75. The first-order valence-electron chi connectivity index (χ1n) is 4.91. The predicted molar refractivity (Wildman–Crippen MR) is 59.6 cm³/mol. The third-order valence-electron chi connectivity index (χ3n) is 2.34. The Balaban J connectivity index is 2.91. The zero-order valence-electron chi connectivity index (χ0n) is 8.75. The maximum atomic E-state index is 2.27. The van der Waals surface area contributed by atoms with E-state index in [1.165, 1.54) is 11.1 Å². The highest BCUT2D eigenvalue weighted by molar-refractivity contribution is 5.32. The first kappa shape index (κ1) is 10.0. The highest BCUT2D eigenvalue weighted by atomic mass is 14.1. The molecule has 1 atom stereocenters. The molecule has 13 heavy (non-hydrogen) atoms. The Morgan fingerprint density at radius 3 is 2.85 bits per heavy atom. The van der Waals surface area contributed by atoms with Crippen LogP contribution in [0.5, 0.6) is 0 Å². The molecule has 0 heteroatoms. The number of hydrogen-bond donors (Lipinski definition) is 0. The molecular formula is C13H18. The molecule has 0 nitrogen and oxygen atoms in total. The lowest BCUT2D eigenvalue weighted by Crippen LogP contribution is -1.96. The largest absolute Gasteiger partial charge is 0.0874 e. The molecule has 0 aromatic rings. The van der Waals surface area contributed by atoms with Crippen LogP contribution in [0, 0.1) is 5.92 Å². The minimum absolute atomic E-state index is 0.636. The van der Waals surface area contributed by atoms with E-state index < -0.39 is 0 Å². The molecule has 1 unspecified atom stereocenters. The van der Waals surface area contributed by atoms with Gasteiger partial charge in [-0.2, -0.15) is 0 Å². The van der Waals surface area contributed by atoms with E-state index in [4.69, 9.17) is 0 Å². The average molecular weight is 174 g/mol. The normalized spacial score (nSPS) is 23.8. The summed E-state index contributed by atoms with van der Waals surface area (Å²) in [6.45, 7) is 6.47. The maximum Gasteiger partial charge on any atom is -0.0156 e. The molecular weight excluding hydrogens is 156 g/mol. The van der Waals surface area contributed by atoms with Gasteiger partial charge >= 0.3 is 0 Å². The van der Waals surface area contributed by atoms with Crippen LogP contribution in [-0.4, -0.2) is 0 Å². The van der Waals surface area contributed by atoms with Crippen LogP contribution in [0.1, 0.15) is 27.2 Å². The van der Waals surface area contributed by atoms with Crippen molar-refractivity contribution in [2.75, 3.05) is 0 Å². The summed E-state index contributed by atoms with van der Waals surface area (Å²) < 4.78 is 0. The van der Waals surface area contributed by atoms with Gasteiger partial charge in [0.2, 0.25) is 0 Å². The van der Waals surface area contributed by atoms with Crippen molar-refractivity contribution in [2.45, 2.75) is 27.2 Å². The molecule has 0 aliphatic heterocycles. The summed E-state index contributed by atoms with van der Waals surface area (Å²) in [6.07, 6.45) is 14.3. The third kappa shape index (κ3) is 3.06. The van der Waals surface area contributed by atoms with Gasteiger partial charge in [0.25, 0.3) is 0 Å². The van der Waals surface area contributed by atoms with Crippen molar-refractivity contribution < 1.29 is 0 Å². The quantitative estimate of drug-likeness (QED) is 0.563. The molecule has 0 N–H and O–H groups in total. The minimum Gasteiger partial charge on any atom is -0.0874 e. The molecule has 0 spiro atoms. The first-order chi connectivity index (χ1) is 6.24. The van der Waals surface area contributed by atoms with Crippen molar-refractivity contribution in [1.29, 1.82) is 0 Å². The van der Waals surface area contributed by atoms with Gasteiger partial charge in [0.1, 0.15) is 0 Å². The van der Waals surface area contributed by atoms with Crippen molar-refractivity contribution in [1.82, 2.24) is 0 Å². The van der Waals surface area contributed by atoms with E-state index in [-0.39, 0.29) is 0 Å². The lowest BCUT2D eigenvalue weighted by Gasteiger charge is -2.11. The molecule has 1 rings (SSSR count). The fraction of sp³-hybridized carbons (Fsp3) is 0.385. The van der Waals surface area contributed by atoms with Gasteiger partial charge in [-0.05, 0) is 31.8 Å². The number of rotatable bonds is 1. The first-order valence-corrected chi connectivity index (χ1v) is 4.91. The molecule has 0 heterocycles. The molecule has 70 valence electrons. The molecule has 0 amide bonds. The van der Waals surface area contributed by atoms with Crippen LogP contribution in [0.3, 0.4) is 0 Å². The molecule has 0 aromatic heterocycles. The zero-order valence-corrected chi connectivity index (χ0v) is 8.75. The van der Waals surface area contributed by atoms with Crippen molar-refractivity contribution in [3.8, 4) is 0 Å². The molecule has 0 saturated heterocycles. The summed E-state index contributed by atoms with van der Waals surface area (Å²) in [5.74, 6) is 0.636. The van der Waals surface area contributed by atoms with Crippen LogP contribution >= 0.6 is 0 Å². The van der Waals surface area contributed by atoms with Gasteiger partial charge in [-0.25, -0.2) is 0 Å². The van der Waals surface area contributed by atoms with Gasteiger partial charge in [-0.15, -0.1) is 0 Å². The second-order valence-corrected chi connectivity index (χ2v) is 3.62. The Hall–Kier alpha value is -1.04. The summed E-state index contributed by atoms with van der Waals surface area (Å²) in [6, 6.07) is 0. The van der Waals surface area contributed by atoms with Crippen molar-refractivity contribution in [3.63, 3.8) is 0 Å². The summed E-state index contributed by atoms with van der Waals surface area (Å²) in [5.41, 5.74) is 2.75. The lowest BCUT2D eigenvalue weighted by atomic mass is 9.94. The van der Waals surface area contributed by atoms with Gasteiger partial charge in [0.05, 0.1) is 0 Å². The van der Waals surface area contributed by atoms with Crippen molar-refractivity contribution in [2.24, 2.45) is 5.92 Å². The third-order valence-corrected chi connectivity index (χ3v) is 2.34. The van der Waals surface area contributed by atoms with Crippen molar-refractivity contribution in [3.05, 3.63) is 47.6 Å². The van der Waals surface area contributed by atoms with Gasteiger partial charge < -0.3 is 0 Å². The summed E-state index contributed by atoms with van der Waals surface area (Å²) in [5, 5.41) is 0. The molecule has 1 aliphatic carbocycles. The van der Waals surface area contributed by atoms with Crippen LogP contribution in [0.4, 0.5) is 0 Å². The SMILES string of the molecule is CC=CC1=CC=C(C)C=CCC1C. The highest BCUT2D eigenvalue weighted by Gasteiger charge is 2.04. The van der Waals surface area contributed by atoms with E-state index in [0.717, 1.165) is 6.42 Å². The van der Waals surface area contributed by atoms with E-state index in [1.54, 1.807) is 0 Å². The van der Waals surface area contributed by atoms with Crippen LogP contribution in [0.25, 0.3) is 0 Å². The molecule has 0 fully saturated rings. The fourth-order valence-corrected chi connectivity index (χ4v) is 1.45. The van der Waals surface area contributed by atoms with E-state index in [9.17, 15) is 0 Å². The highest BCUT2D eigenvalue weighted by Crippen LogP contribution is 2.19. The predicted octanol–water partition coefficient (Wildman–Crippen LogP) is 4.03. The second kappa shape index (κ2) is 4.86. The van der Waals surface area contributed by atoms with E-state index in [2.05, 4.69) is 57.2 Å². The number of allylic oxidation sites excluding steroid dienone is 8. The second-order valence-electron chi connectivity index (χ2n) is 3.62. The van der Waals surface area contributed by atoms with E-state index >= 15 is 0 Å². The Labute approximate surface area is 81.4 Å². The summed E-state index contributed by atoms with van der Waals surface area (Å²) >= 11 is 0. The molecule has 0 saturated carbocycles. The lowest BCUT2D eigenvalue weighted by molar-refractivity contribution is 0.710. The number of hydrogen-bond acceptors (Lipinski definition) is 0. The van der Waals surface area contributed by atoms with Gasteiger partial charge in [-0.1, -0.05) is 49.0 Å². The summed E-state index contributed by atoms with van der Waals surface area (Å²) in [4.78, 5) is 0. The van der Waals surface area contributed by atoms with E-state index in [1.807, 2.05) is 0 Å².